The van der Waals surface area contributed by atoms with Crippen molar-refractivity contribution in [3.8, 4) is 0 Å². The number of nitrogens with one attached hydrogen (secondary N) is 1. The van der Waals surface area contributed by atoms with Gasteiger partial charge in [-0.1, -0.05) is 29.4 Å². The normalized spacial score (nSPS) is 24.4. The second-order valence-electron chi connectivity index (χ2n) is 5.49. The first-order chi connectivity index (χ1) is 11.0. The summed E-state index contributed by atoms with van der Waals surface area (Å²) in [7, 11) is 1.62. The summed E-state index contributed by atoms with van der Waals surface area (Å²) >= 11 is 7.20. The predicted molar refractivity (Wildman–Crippen MR) is 89.1 cm³/mol. The highest BCUT2D eigenvalue weighted by molar-refractivity contribution is 8.14. The van der Waals surface area contributed by atoms with E-state index in [1.54, 1.807) is 30.3 Å². The van der Waals surface area contributed by atoms with E-state index < -0.39 is 17.9 Å². The van der Waals surface area contributed by atoms with Gasteiger partial charge in [0, 0.05) is 17.8 Å². The van der Waals surface area contributed by atoms with E-state index in [0.29, 0.717) is 17.2 Å². The Hall–Kier alpha value is -1.73. The molecule has 0 aromatic heterocycles. The van der Waals surface area contributed by atoms with Crippen LogP contribution in [-0.4, -0.2) is 47.3 Å². The molecule has 122 valence electrons. The lowest BCUT2D eigenvalue weighted by molar-refractivity contribution is -0.137. The summed E-state index contributed by atoms with van der Waals surface area (Å²) in [5.74, 6) is -0.804. The van der Waals surface area contributed by atoms with Crippen LogP contribution in [0.3, 0.4) is 0 Å². The first-order valence-corrected chi connectivity index (χ1v) is 8.61. The summed E-state index contributed by atoms with van der Waals surface area (Å²) in [6, 6.07) is 6.62. The second kappa shape index (κ2) is 6.41. The van der Waals surface area contributed by atoms with Crippen molar-refractivity contribution in [3.05, 3.63) is 29.3 Å². The Labute approximate surface area is 143 Å². The molecule has 2 saturated heterocycles. The van der Waals surface area contributed by atoms with Gasteiger partial charge in [-0.05, 0) is 24.6 Å². The standard InChI is InChI=1S/C15H16ClN3O3S/c1-18-14(21)11(13(20)17-12-5-6-23-15(12)22)8-19(18)10-4-2-3-9(16)7-10/h2-4,7,11-12H,5-6,8H2,1H3,(H,17,20). The summed E-state index contributed by atoms with van der Waals surface area (Å²) in [6.45, 7) is 0.232. The number of anilines is 1. The zero-order valence-electron chi connectivity index (χ0n) is 12.5. The first kappa shape index (κ1) is 16.1. The van der Waals surface area contributed by atoms with E-state index in [1.807, 2.05) is 6.07 Å². The van der Waals surface area contributed by atoms with Crippen LogP contribution in [0.15, 0.2) is 24.3 Å². The third-order valence-electron chi connectivity index (χ3n) is 4.01. The molecule has 0 aliphatic carbocycles. The van der Waals surface area contributed by atoms with Crippen LogP contribution in [0.4, 0.5) is 5.69 Å². The van der Waals surface area contributed by atoms with Gasteiger partial charge in [-0.2, -0.15) is 0 Å². The minimum absolute atomic E-state index is 0.0381. The van der Waals surface area contributed by atoms with Gasteiger partial charge in [-0.15, -0.1) is 0 Å². The number of hydrogen-bond acceptors (Lipinski definition) is 5. The molecule has 1 N–H and O–H groups in total. The molecule has 2 heterocycles. The van der Waals surface area contributed by atoms with E-state index in [9.17, 15) is 14.4 Å². The van der Waals surface area contributed by atoms with Crippen molar-refractivity contribution in [2.75, 3.05) is 24.4 Å². The van der Waals surface area contributed by atoms with E-state index in [1.165, 1.54) is 16.8 Å². The molecule has 0 bridgehead atoms. The largest absolute Gasteiger partial charge is 0.345 e. The van der Waals surface area contributed by atoms with Gasteiger partial charge >= 0.3 is 0 Å². The van der Waals surface area contributed by atoms with Crippen LogP contribution in [0.2, 0.25) is 5.02 Å². The van der Waals surface area contributed by atoms with E-state index >= 15 is 0 Å². The van der Waals surface area contributed by atoms with Gasteiger partial charge in [-0.25, -0.2) is 0 Å². The number of amides is 2. The molecule has 1 aromatic rings. The Morgan fingerprint density at radius 2 is 2.17 bits per heavy atom. The average molecular weight is 354 g/mol. The van der Waals surface area contributed by atoms with Crippen LogP contribution in [0.1, 0.15) is 6.42 Å². The molecular formula is C15H16ClN3O3S. The molecule has 23 heavy (non-hydrogen) atoms. The molecular weight excluding hydrogens is 338 g/mol. The highest BCUT2D eigenvalue weighted by Crippen LogP contribution is 2.27. The third kappa shape index (κ3) is 3.16. The van der Waals surface area contributed by atoms with E-state index in [4.69, 9.17) is 11.6 Å². The lowest BCUT2D eigenvalue weighted by Crippen LogP contribution is -2.43. The van der Waals surface area contributed by atoms with Gasteiger partial charge in [-0.3, -0.25) is 24.4 Å². The van der Waals surface area contributed by atoms with Gasteiger partial charge in [0.15, 0.2) is 0 Å². The number of halogens is 1. The predicted octanol–water partition coefficient (Wildman–Crippen LogP) is 1.30. The number of nitrogens with zero attached hydrogens (tertiary/aromatic N) is 2. The van der Waals surface area contributed by atoms with Gasteiger partial charge < -0.3 is 5.32 Å². The molecule has 0 saturated carbocycles. The van der Waals surface area contributed by atoms with Crippen molar-refractivity contribution in [1.82, 2.24) is 10.3 Å². The lowest BCUT2D eigenvalue weighted by Gasteiger charge is -2.25. The minimum atomic E-state index is -0.822. The highest BCUT2D eigenvalue weighted by Gasteiger charge is 2.42. The van der Waals surface area contributed by atoms with Crippen LogP contribution < -0.4 is 10.3 Å². The summed E-state index contributed by atoms with van der Waals surface area (Å²) in [6.07, 6.45) is 0.615. The smallest absolute Gasteiger partial charge is 0.255 e. The summed E-state index contributed by atoms with van der Waals surface area (Å²) < 4.78 is 0. The lowest BCUT2D eigenvalue weighted by atomic mass is 10.1. The van der Waals surface area contributed by atoms with Crippen LogP contribution in [0.5, 0.6) is 0 Å². The van der Waals surface area contributed by atoms with Crippen molar-refractivity contribution in [1.29, 1.82) is 0 Å². The Bertz CT molecular complexity index is 669. The Balaban J connectivity index is 1.73. The molecule has 1 aromatic carbocycles. The second-order valence-corrected chi connectivity index (χ2v) is 7.03. The average Bonchev–Trinajstić information content (AvgIpc) is 3.04. The molecule has 6 nitrogen and oxygen atoms in total. The van der Waals surface area contributed by atoms with E-state index in [-0.39, 0.29) is 17.6 Å². The van der Waals surface area contributed by atoms with Crippen molar-refractivity contribution in [2.24, 2.45) is 5.92 Å². The maximum absolute atomic E-state index is 12.4. The monoisotopic (exact) mass is 353 g/mol. The fourth-order valence-corrected chi connectivity index (χ4v) is 3.84. The zero-order valence-corrected chi connectivity index (χ0v) is 14.1. The number of benzene rings is 1. The fraction of sp³-hybridized carbons (Fsp3) is 0.400. The molecule has 2 unspecified atom stereocenters. The van der Waals surface area contributed by atoms with Gasteiger partial charge in [0.05, 0.1) is 18.3 Å². The highest BCUT2D eigenvalue weighted by atomic mass is 35.5. The van der Waals surface area contributed by atoms with Gasteiger partial charge in [0.2, 0.25) is 11.0 Å². The topological polar surface area (TPSA) is 69.7 Å². The molecule has 2 fully saturated rings. The molecule has 2 aliphatic heterocycles. The Morgan fingerprint density at radius 1 is 1.39 bits per heavy atom. The Morgan fingerprint density at radius 3 is 2.83 bits per heavy atom. The van der Waals surface area contributed by atoms with Crippen LogP contribution in [0.25, 0.3) is 0 Å². The molecule has 0 radical (unpaired) electrons. The molecule has 2 atom stereocenters. The summed E-state index contributed by atoms with van der Waals surface area (Å²) in [4.78, 5) is 36.4. The SMILES string of the molecule is CN1C(=O)C(C(=O)NC2CCSC2=O)CN1c1cccc(Cl)c1. The Kier molecular flexibility index (Phi) is 4.50. The molecule has 3 rings (SSSR count). The molecule has 0 spiro atoms. The fourth-order valence-electron chi connectivity index (χ4n) is 2.73. The van der Waals surface area contributed by atoms with Gasteiger partial charge in [0.1, 0.15) is 5.92 Å². The van der Waals surface area contributed by atoms with Crippen LogP contribution in [0, 0.1) is 5.92 Å². The maximum atomic E-state index is 12.4. The number of rotatable bonds is 3. The van der Waals surface area contributed by atoms with E-state index in [0.717, 1.165) is 5.69 Å². The van der Waals surface area contributed by atoms with Gasteiger partial charge in [0.25, 0.3) is 5.91 Å². The first-order valence-electron chi connectivity index (χ1n) is 7.25. The van der Waals surface area contributed by atoms with Crippen LogP contribution in [-0.2, 0) is 14.4 Å². The van der Waals surface area contributed by atoms with Crippen molar-refractivity contribution < 1.29 is 14.4 Å². The quantitative estimate of drug-likeness (QED) is 0.829. The third-order valence-corrected chi connectivity index (χ3v) is 5.25. The number of carbonyl (C=O) groups excluding carboxylic acids is 3. The number of thioether (sulfide) groups is 1. The van der Waals surface area contributed by atoms with E-state index in [2.05, 4.69) is 5.32 Å². The zero-order chi connectivity index (χ0) is 16.6. The molecule has 8 heteroatoms. The number of hydrazine groups is 1. The maximum Gasteiger partial charge on any atom is 0.255 e. The van der Waals surface area contributed by atoms with Crippen LogP contribution >= 0.6 is 23.4 Å². The van der Waals surface area contributed by atoms with Crippen molar-refractivity contribution in [2.45, 2.75) is 12.5 Å². The summed E-state index contributed by atoms with van der Waals surface area (Å²) in [5.41, 5.74) is 0.746. The van der Waals surface area contributed by atoms with Crippen molar-refractivity contribution in [3.63, 3.8) is 0 Å². The number of carbonyl (C=O) groups is 3. The molecule has 2 aliphatic rings. The number of hydrogen-bond donors (Lipinski definition) is 1. The summed E-state index contributed by atoms with van der Waals surface area (Å²) in [5, 5.41) is 6.35. The minimum Gasteiger partial charge on any atom is -0.345 e. The van der Waals surface area contributed by atoms with Crippen molar-refractivity contribution >= 4 is 46.0 Å². The molecule has 2 amide bonds.